The molecule has 0 atom stereocenters. The Morgan fingerprint density at radius 3 is 2.46 bits per heavy atom. The van der Waals surface area contributed by atoms with Crippen LogP contribution in [0.4, 0.5) is 5.69 Å². The van der Waals surface area contributed by atoms with Gasteiger partial charge < -0.3 is 4.74 Å². The van der Waals surface area contributed by atoms with Crippen molar-refractivity contribution < 1.29 is 9.66 Å². The first-order valence-electron chi connectivity index (χ1n) is 8.36. The number of nitrogens with zero attached hydrogens (tertiary/aromatic N) is 4. The van der Waals surface area contributed by atoms with Gasteiger partial charge >= 0.3 is 5.69 Å². The minimum absolute atomic E-state index is 0.0279. The number of rotatable bonds is 6. The summed E-state index contributed by atoms with van der Waals surface area (Å²) in [5.41, 5.74) is 0.175. The molecule has 9 heteroatoms. The van der Waals surface area contributed by atoms with Crippen LogP contribution in [0, 0.1) is 21.4 Å². The van der Waals surface area contributed by atoms with E-state index < -0.39 is 16.2 Å². The van der Waals surface area contributed by atoms with Crippen LogP contribution in [0.15, 0.2) is 52.1 Å². The Morgan fingerprint density at radius 2 is 1.86 bits per heavy atom. The van der Waals surface area contributed by atoms with Crippen molar-refractivity contribution in [3.63, 3.8) is 0 Å². The topological polar surface area (TPSA) is 120 Å². The van der Waals surface area contributed by atoms with Crippen LogP contribution in [0.25, 0.3) is 10.9 Å². The van der Waals surface area contributed by atoms with E-state index in [1.165, 1.54) is 29.9 Å². The number of aromatic nitrogens is 2. The largest absolute Gasteiger partial charge is 0.383 e. The van der Waals surface area contributed by atoms with Crippen LogP contribution in [0.3, 0.4) is 0 Å². The van der Waals surface area contributed by atoms with E-state index >= 15 is 0 Å². The molecule has 0 radical (unpaired) electrons. The molecule has 1 heterocycles. The van der Waals surface area contributed by atoms with E-state index in [2.05, 4.69) is 0 Å². The Labute approximate surface area is 158 Å². The molecule has 28 heavy (non-hydrogen) atoms. The van der Waals surface area contributed by atoms with Crippen molar-refractivity contribution in [3.8, 4) is 6.07 Å². The summed E-state index contributed by atoms with van der Waals surface area (Å²) >= 11 is 0. The fraction of sp³-hybridized carbons (Fsp3) is 0.211. The second-order valence-electron chi connectivity index (χ2n) is 6.09. The molecule has 0 unspecified atom stereocenters. The summed E-state index contributed by atoms with van der Waals surface area (Å²) in [6.45, 7) is 0.318. The molecule has 0 aliphatic carbocycles. The number of nitriles is 1. The van der Waals surface area contributed by atoms with E-state index in [-0.39, 0.29) is 30.8 Å². The molecule has 142 valence electrons. The zero-order valence-corrected chi connectivity index (χ0v) is 15.0. The average molecular weight is 380 g/mol. The van der Waals surface area contributed by atoms with E-state index in [4.69, 9.17) is 10.00 Å². The monoisotopic (exact) mass is 380 g/mol. The first kappa shape index (κ1) is 19.0. The summed E-state index contributed by atoms with van der Waals surface area (Å²) in [4.78, 5) is 36.2. The molecule has 9 nitrogen and oxygen atoms in total. The second kappa shape index (κ2) is 7.85. The molecule has 2 aromatic carbocycles. The lowest BCUT2D eigenvalue weighted by Crippen LogP contribution is -2.41. The van der Waals surface area contributed by atoms with Crippen molar-refractivity contribution in [1.82, 2.24) is 9.13 Å². The SMILES string of the molecule is COCCn1c(=O)c2cc([N+](=O)[O-])ccc2n(Cc2ccc(C#N)cc2)c1=O. The number of benzene rings is 2. The van der Waals surface area contributed by atoms with Gasteiger partial charge in [0.15, 0.2) is 0 Å². The highest BCUT2D eigenvalue weighted by molar-refractivity contribution is 5.80. The number of hydrogen-bond donors (Lipinski definition) is 0. The van der Waals surface area contributed by atoms with Crippen molar-refractivity contribution in [2.24, 2.45) is 0 Å². The molecule has 0 spiro atoms. The molecule has 1 aromatic heterocycles. The third-order valence-corrected chi connectivity index (χ3v) is 4.36. The third kappa shape index (κ3) is 3.54. The summed E-state index contributed by atoms with van der Waals surface area (Å²) in [5.74, 6) is 0. The molecule has 3 rings (SSSR count). The minimum Gasteiger partial charge on any atom is -0.383 e. The Morgan fingerprint density at radius 1 is 1.14 bits per heavy atom. The molecule has 0 amide bonds. The van der Waals surface area contributed by atoms with Gasteiger partial charge in [-0.1, -0.05) is 12.1 Å². The van der Waals surface area contributed by atoms with Crippen LogP contribution in [-0.4, -0.2) is 27.8 Å². The van der Waals surface area contributed by atoms with Gasteiger partial charge in [-0.05, 0) is 23.8 Å². The van der Waals surface area contributed by atoms with Crippen molar-refractivity contribution >= 4 is 16.6 Å². The van der Waals surface area contributed by atoms with Gasteiger partial charge in [0.2, 0.25) is 0 Å². The Bertz CT molecular complexity index is 1200. The maximum atomic E-state index is 12.9. The van der Waals surface area contributed by atoms with Crippen LogP contribution in [-0.2, 0) is 17.8 Å². The number of hydrogen-bond acceptors (Lipinski definition) is 6. The van der Waals surface area contributed by atoms with Crippen LogP contribution in [0.5, 0.6) is 0 Å². The highest BCUT2D eigenvalue weighted by Crippen LogP contribution is 2.18. The Hall–Kier alpha value is -3.77. The molecule has 0 N–H and O–H groups in total. The van der Waals surface area contributed by atoms with Gasteiger partial charge in [-0.25, -0.2) is 4.79 Å². The first-order chi connectivity index (χ1) is 13.5. The van der Waals surface area contributed by atoms with Gasteiger partial charge in [-0.2, -0.15) is 5.26 Å². The lowest BCUT2D eigenvalue weighted by molar-refractivity contribution is -0.384. The van der Waals surface area contributed by atoms with Gasteiger partial charge in [-0.3, -0.25) is 24.0 Å². The van der Waals surface area contributed by atoms with Crippen LogP contribution in [0.1, 0.15) is 11.1 Å². The van der Waals surface area contributed by atoms with Gasteiger partial charge in [0, 0.05) is 19.2 Å². The maximum absolute atomic E-state index is 12.9. The molecule has 0 fully saturated rings. The fourth-order valence-corrected chi connectivity index (χ4v) is 2.93. The lowest BCUT2D eigenvalue weighted by atomic mass is 10.1. The highest BCUT2D eigenvalue weighted by Gasteiger charge is 2.16. The first-order valence-corrected chi connectivity index (χ1v) is 8.36. The summed E-state index contributed by atoms with van der Waals surface area (Å²) in [5, 5.41) is 20.1. The van der Waals surface area contributed by atoms with Gasteiger partial charge in [-0.15, -0.1) is 0 Å². The van der Waals surface area contributed by atoms with Crippen LogP contribution in [0.2, 0.25) is 0 Å². The van der Waals surface area contributed by atoms with E-state index in [0.29, 0.717) is 11.1 Å². The minimum atomic E-state index is -0.600. The number of non-ortho nitro benzene ring substituents is 1. The predicted molar refractivity (Wildman–Crippen MR) is 101 cm³/mol. The lowest BCUT2D eigenvalue weighted by Gasteiger charge is -2.14. The summed E-state index contributed by atoms with van der Waals surface area (Å²) < 4.78 is 7.37. The normalized spacial score (nSPS) is 10.7. The number of methoxy groups -OCH3 is 1. The zero-order chi connectivity index (χ0) is 20.3. The molecule has 3 aromatic rings. The van der Waals surface area contributed by atoms with E-state index in [0.717, 1.165) is 10.1 Å². The third-order valence-electron chi connectivity index (χ3n) is 4.36. The molecule has 0 saturated heterocycles. The smallest absolute Gasteiger partial charge is 0.331 e. The van der Waals surface area contributed by atoms with Crippen molar-refractivity contribution in [3.05, 3.63) is 84.5 Å². The van der Waals surface area contributed by atoms with Crippen molar-refractivity contribution in [2.75, 3.05) is 13.7 Å². The quantitative estimate of drug-likeness (QED) is 0.473. The van der Waals surface area contributed by atoms with Gasteiger partial charge in [0.25, 0.3) is 11.2 Å². The molecular formula is C19H16N4O5. The molecule has 0 aliphatic heterocycles. The van der Waals surface area contributed by atoms with Crippen LogP contribution >= 0.6 is 0 Å². The predicted octanol–water partition coefficient (Wildman–Crippen LogP) is 1.64. The number of ether oxygens (including phenoxy) is 1. The Kier molecular flexibility index (Phi) is 5.33. The molecule has 0 saturated carbocycles. The average Bonchev–Trinajstić information content (AvgIpc) is 2.71. The fourth-order valence-electron chi connectivity index (χ4n) is 2.93. The standard InChI is InChI=1S/C19H16N4O5/c1-28-9-8-21-18(24)16-10-15(23(26)27)6-7-17(16)22(19(21)25)12-14-4-2-13(11-20)3-5-14/h2-7,10H,8-9,12H2,1H3. The second-order valence-corrected chi connectivity index (χ2v) is 6.09. The highest BCUT2D eigenvalue weighted by atomic mass is 16.6. The van der Waals surface area contributed by atoms with E-state index in [1.54, 1.807) is 24.3 Å². The number of fused-ring (bicyclic) bond motifs is 1. The molecular weight excluding hydrogens is 364 g/mol. The molecule has 0 bridgehead atoms. The van der Waals surface area contributed by atoms with Crippen LogP contribution < -0.4 is 11.2 Å². The zero-order valence-electron chi connectivity index (χ0n) is 15.0. The van der Waals surface area contributed by atoms with Crippen molar-refractivity contribution in [2.45, 2.75) is 13.1 Å². The van der Waals surface area contributed by atoms with Gasteiger partial charge in [0.1, 0.15) is 0 Å². The maximum Gasteiger partial charge on any atom is 0.331 e. The Balaban J connectivity index is 2.23. The summed E-state index contributed by atoms with van der Waals surface area (Å²) in [6.07, 6.45) is 0. The van der Waals surface area contributed by atoms with E-state index in [1.807, 2.05) is 6.07 Å². The molecule has 0 aliphatic rings. The van der Waals surface area contributed by atoms with Crippen molar-refractivity contribution in [1.29, 1.82) is 5.26 Å². The van der Waals surface area contributed by atoms with E-state index in [9.17, 15) is 19.7 Å². The summed E-state index contributed by atoms with van der Waals surface area (Å²) in [6, 6.07) is 12.6. The number of nitro benzene ring substituents is 1. The van der Waals surface area contributed by atoms with Gasteiger partial charge in [0.05, 0.1) is 47.2 Å². The summed E-state index contributed by atoms with van der Waals surface area (Å²) in [7, 11) is 1.45. The number of nitro groups is 1.